The Labute approximate surface area is 132 Å². The SMILES string of the molecule is Cc1cccc(NC(=O)CN2CCC3CNCC3C2)c1.Cl. The molecule has 0 aliphatic carbocycles. The van der Waals surface area contributed by atoms with Crippen molar-refractivity contribution in [1.29, 1.82) is 0 Å². The lowest BCUT2D eigenvalue weighted by molar-refractivity contribution is -0.117. The zero-order valence-electron chi connectivity index (χ0n) is 12.5. The first-order valence-electron chi connectivity index (χ1n) is 7.50. The van der Waals surface area contributed by atoms with E-state index in [1.165, 1.54) is 12.0 Å². The fourth-order valence-electron chi connectivity index (χ4n) is 3.38. The van der Waals surface area contributed by atoms with Gasteiger partial charge in [0.2, 0.25) is 5.91 Å². The summed E-state index contributed by atoms with van der Waals surface area (Å²) in [5.74, 6) is 1.65. The topological polar surface area (TPSA) is 44.4 Å². The Morgan fingerprint density at radius 3 is 3.00 bits per heavy atom. The summed E-state index contributed by atoms with van der Waals surface area (Å²) in [5, 5.41) is 6.45. The summed E-state index contributed by atoms with van der Waals surface area (Å²) in [6.07, 6.45) is 1.22. The molecule has 3 rings (SSSR count). The third kappa shape index (κ3) is 4.19. The number of carbonyl (C=O) groups excluding carboxylic acids is 1. The van der Waals surface area contributed by atoms with Crippen LogP contribution in [0.2, 0.25) is 0 Å². The van der Waals surface area contributed by atoms with Gasteiger partial charge in [0, 0.05) is 12.2 Å². The van der Waals surface area contributed by atoms with E-state index in [-0.39, 0.29) is 18.3 Å². The lowest BCUT2D eigenvalue weighted by atomic mass is 9.89. The monoisotopic (exact) mass is 309 g/mol. The van der Waals surface area contributed by atoms with Crippen molar-refractivity contribution in [3.8, 4) is 0 Å². The number of rotatable bonds is 3. The fraction of sp³-hybridized carbons (Fsp3) is 0.562. The smallest absolute Gasteiger partial charge is 0.238 e. The third-order valence-corrected chi connectivity index (χ3v) is 4.46. The van der Waals surface area contributed by atoms with Crippen molar-refractivity contribution in [2.45, 2.75) is 13.3 Å². The lowest BCUT2D eigenvalue weighted by Crippen LogP contribution is -2.43. The van der Waals surface area contributed by atoms with Crippen molar-refractivity contribution in [2.24, 2.45) is 11.8 Å². The Morgan fingerprint density at radius 2 is 2.19 bits per heavy atom. The van der Waals surface area contributed by atoms with Gasteiger partial charge in [0.15, 0.2) is 0 Å². The van der Waals surface area contributed by atoms with Crippen LogP contribution in [0.15, 0.2) is 24.3 Å². The predicted molar refractivity (Wildman–Crippen MR) is 88.0 cm³/mol. The number of likely N-dealkylation sites (tertiary alicyclic amines) is 1. The molecule has 1 aromatic carbocycles. The number of anilines is 1. The van der Waals surface area contributed by atoms with E-state index >= 15 is 0 Å². The summed E-state index contributed by atoms with van der Waals surface area (Å²) < 4.78 is 0. The highest BCUT2D eigenvalue weighted by atomic mass is 35.5. The number of nitrogens with one attached hydrogen (secondary N) is 2. The highest BCUT2D eigenvalue weighted by molar-refractivity contribution is 5.92. The minimum Gasteiger partial charge on any atom is -0.325 e. The van der Waals surface area contributed by atoms with E-state index in [9.17, 15) is 4.79 Å². The highest BCUT2D eigenvalue weighted by Crippen LogP contribution is 2.26. The molecule has 0 saturated carbocycles. The largest absolute Gasteiger partial charge is 0.325 e. The summed E-state index contributed by atoms with van der Waals surface area (Å²) in [7, 11) is 0. The molecular formula is C16H24ClN3O. The molecule has 0 bridgehead atoms. The van der Waals surface area contributed by atoms with Crippen LogP contribution >= 0.6 is 12.4 Å². The normalized spacial score (nSPS) is 25.0. The quantitative estimate of drug-likeness (QED) is 0.896. The minimum absolute atomic E-state index is 0. The molecule has 2 heterocycles. The number of halogens is 1. The van der Waals surface area contributed by atoms with Gasteiger partial charge in [-0.25, -0.2) is 0 Å². The molecule has 4 nitrogen and oxygen atoms in total. The van der Waals surface area contributed by atoms with Crippen LogP contribution in [0, 0.1) is 18.8 Å². The third-order valence-electron chi connectivity index (χ3n) is 4.46. The first-order valence-corrected chi connectivity index (χ1v) is 7.50. The maximum absolute atomic E-state index is 12.1. The standard InChI is InChI=1S/C16H23N3O.ClH/c1-12-3-2-4-15(7-12)18-16(20)11-19-6-5-13-8-17-9-14(13)10-19;/h2-4,7,13-14,17H,5-6,8-11H2,1H3,(H,18,20);1H. The molecule has 1 amide bonds. The van der Waals surface area contributed by atoms with Crippen molar-refractivity contribution in [2.75, 3.05) is 38.0 Å². The number of amides is 1. The van der Waals surface area contributed by atoms with Gasteiger partial charge in [-0.2, -0.15) is 0 Å². The number of hydrogen-bond donors (Lipinski definition) is 2. The highest BCUT2D eigenvalue weighted by Gasteiger charge is 2.33. The van der Waals surface area contributed by atoms with Crippen LogP contribution in [0.4, 0.5) is 5.69 Å². The van der Waals surface area contributed by atoms with Gasteiger partial charge in [0.1, 0.15) is 0 Å². The van der Waals surface area contributed by atoms with Crippen molar-refractivity contribution in [1.82, 2.24) is 10.2 Å². The van der Waals surface area contributed by atoms with Crippen molar-refractivity contribution < 1.29 is 4.79 Å². The summed E-state index contributed by atoms with van der Waals surface area (Å²) in [4.78, 5) is 14.4. The second-order valence-corrected chi connectivity index (χ2v) is 6.12. The Morgan fingerprint density at radius 1 is 1.38 bits per heavy atom. The lowest BCUT2D eigenvalue weighted by Gasteiger charge is -2.33. The van der Waals surface area contributed by atoms with E-state index in [2.05, 4.69) is 15.5 Å². The van der Waals surface area contributed by atoms with Gasteiger partial charge in [-0.15, -0.1) is 12.4 Å². The maximum Gasteiger partial charge on any atom is 0.238 e. The number of hydrogen-bond acceptors (Lipinski definition) is 3. The van der Waals surface area contributed by atoms with E-state index in [0.29, 0.717) is 6.54 Å². The molecule has 2 N–H and O–H groups in total. The molecule has 2 aliphatic heterocycles. The number of fused-ring (bicyclic) bond motifs is 1. The molecule has 2 aliphatic rings. The first kappa shape index (κ1) is 16.3. The molecule has 5 heteroatoms. The number of benzene rings is 1. The van der Waals surface area contributed by atoms with Crippen LogP contribution in [-0.4, -0.2) is 43.5 Å². The average molecular weight is 310 g/mol. The number of aryl methyl sites for hydroxylation is 1. The predicted octanol–water partition coefficient (Wildman–Crippen LogP) is 1.90. The number of nitrogens with zero attached hydrogens (tertiary/aromatic N) is 1. The van der Waals surface area contributed by atoms with E-state index in [0.717, 1.165) is 43.7 Å². The van der Waals surface area contributed by atoms with Gasteiger partial charge in [0.05, 0.1) is 6.54 Å². The summed E-state index contributed by atoms with van der Waals surface area (Å²) in [6.45, 7) is 6.92. The molecule has 116 valence electrons. The zero-order chi connectivity index (χ0) is 13.9. The minimum atomic E-state index is 0. The number of carbonyl (C=O) groups is 1. The Hall–Kier alpha value is -1.10. The maximum atomic E-state index is 12.1. The summed E-state index contributed by atoms with van der Waals surface area (Å²) in [5.41, 5.74) is 2.06. The number of piperidine rings is 1. The molecule has 0 aromatic heterocycles. The summed E-state index contributed by atoms with van der Waals surface area (Å²) in [6, 6.07) is 7.96. The van der Waals surface area contributed by atoms with Crippen molar-refractivity contribution in [3.63, 3.8) is 0 Å². The second-order valence-electron chi connectivity index (χ2n) is 6.12. The Kier molecular flexibility index (Phi) is 5.62. The van der Waals surface area contributed by atoms with Crippen LogP contribution in [0.5, 0.6) is 0 Å². The molecular weight excluding hydrogens is 286 g/mol. The van der Waals surface area contributed by atoms with Crippen LogP contribution < -0.4 is 10.6 Å². The molecule has 21 heavy (non-hydrogen) atoms. The summed E-state index contributed by atoms with van der Waals surface area (Å²) >= 11 is 0. The van der Waals surface area contributed by atoms with Crippen LogP contribution in [0.1, 0.15) is 12.0 Å². The molecule has 2 unspecified atom stereocenters. The Balaban J connectivity index is 0.00000161. The molecule has 1 aromatic rings. The zero-order valence-corrected chi connectivity index (χ0v) is 13.3. The molecule has 0 radical (unpaired) electrons. The average Bonchev–Trinajstić information content (AvgIpc) is 2.86. The molecule has 2 fully saturated rings. The van der Waals surface area contributed by atoms with E-state index in [4.69, 9.17) is 0 Å². The van der Waals surface area contributed by atoms with Gasteiger partial charge >= 0.3 is 0 Å². The van der Waals surface area contributed by atoms with Crippen LogP contribution in [-0.2, 0) is 4.79 Å². The van der Waals surface area contributed by atoms with Gasteiger partial charge < -0.3 is 10.6 Å². The Bertz CT molecular complexity index is 494. The van der Waals surface area contributed by atoms with Crippen LogP contribution in [0.25, 0.3) is 0 Å². The van der Waals surface area contributed by atoms with Crippen LogP contribution in [0.3, 0.4) is 0 Å². The first-order chi connectivity index (χ1) is 9.70. The van der Waals surface area contributed by atoms with Gasteiger partial charge in [-0.3, -0.25) is 9.69 Å². The van der Waals surface area contributed by atoms with E-state index in [1.54, 1.807) is 0 Å². The van der Waals surface area contributed by atoms with Gasteiger partial charge in [0.25, 0.3) is 0 Å². The molecule has 2 saturated heterocycles. The van der Waals surface area contributed by atoms with Gasteiger partial charge in [-0.1, -0.05) is 12.1 Å². The molecule has 0 spiro atoms. The van der Waals surface area contributed by atoms with Crippen molar-refractivity contribution in [3.05, 3.63) is 29.8 Å². The van der Waals surface area contributed by atoms with E-state index < -0.39 is 0 Å². The second kappa shape index (κ2) is 7.25. The fourth-order valence-corrected chi connectivity index (χ4v) is 3.38. The van der Waals surface area contributed by atoms with E-state index in [1.807, 2.05) is 31.2 Å². The van der Waals surface area contributed by atoms with Gasteiger partial charge in [-0.05, 0) is 62.5 Å². The van der Waals surface area contributed by atoms with Crippen molar-refractivity contribution >= 4 is 24.0 Å². The molecule has 2 atom stereocenters.